The van der Waals surface area contributed by atoms with Gasteiger partial charge in [0.25, 0.3) is 0 Å². The first-order chi connectivity index (χ1) is 17.7. The van der Waals surface area contributed by atoms with Crippen molar-refractivity contribution in [1.82, 2.24) is 15.0 Å². The van der Waals surface area contributed by atoms with E-state index < -0.39 is 0 Å². The van der Waals surface area contributed by atoms with Gasteiger partial charge in [0.05, 0.1) is 18.1 Å². The number of nitrogens with two attached hydrogens (primary N) is 1. The van der Waals surface area contributed by atoms with E-state index in [-0.39, 0.29) is 5.82 Å². The Kier molecular flexibility index (Phi) is 9.33. The smallest absolute Gasteiger partial charge is 0.145 e. The summed E-state index contributed by atoms with van der Waals surface area (Å²) in [5.74, 6) is 1.29. The Labute approximate surface area is 212 Å². The van der Waals surface area contributed by atoms with E-state index in [1.165, 1.54) is 49.8 Å². The summed E-state index contributed by atoms with van der Waals surface area (Å²) in [5.41, 5.74) is 9.14. The number of benzene rings is 2. The fourth-order valence-electron chi connectivity index (χ4n) is 4.17. The van der Waals surface area contributed by atoms with Gasteiger partial charge < -0.3 is 16.4 Å². The monoisotopic (exact) mass is 484 g/mol. The quantitative estimate of drug-likeness (QED) is 0.290. The van der Waals surface area contributed by atoms with E-state index in [9.17, 15) is 4.39 Å². The molecule has 2 aromatic carbocycles. The van der Waals surface area contributed by atoms with E-state index >= 15 is 0 Å². The van der Waals surface area contributed by atoms with Crippen LogP contribution in [0.15, 0.2) is 85.3 Å². The highest BCUT2D eigenvalue weighted by molar-refractivity contribution is 5.63. The van der Waals surface area contributed by atoms with Crippen molar-refractivity contribution in [3.8, 4) is 11.3 Å². The molecule has 4 N–H and O–H groups in total. The summed E-state index contributed by atoms with van der Waals surface area (Å²) >= 11 is 0. The normalized spacial score (nSPS) is 13.4. The molecule has 0 bridgehead atoms. The lowest BCUT2D eigenvalue weighted by Gasteiger charge is -2.23. The van der Waals surface area contributed by atoms with Crippen molar-refractivity contribution >= 4 is 11.6 Å². The third-order valence-electron chi connectivity index (χ3n) is 6.09. The fourth-order valence-corrected chi connectivity index (χ4v) is 4.17. The van der Waals surface area contributed by atoms with Crippen LogP contribution in [0.1, 0.15) is 43.2 Å². The van der Waals surface area contributed by atoms with Gasteiger partial charge in [-0.05, 0) is 48.2 Å². The number of rotatable bonds is 7. The Bertz CT molecular complexity index is 1210. The van der Waals surface area contributed by atoms with Gasteiger partial charge in [-0.1, -0.05) is 61.7 Å². The van der Waals surface area contributed by atoms with E-state index in [1.54, 1.807) is 24.7 Å². The molecule has 6 nitrogen and oxygen atoms in total. The highest BCUT2D eigenvalue weighted by Crippen LogP contribution is 2.24. The van der Waals surface area contributed by atoms with Crippen LogP contribution in [0.4, 0.5) is 16.0 Å². The van der Waals surface area contributed by atoms with Crippen molar-refractivity contribution in [3.05, 3.63) is 102 Å². The van der Waals surface area contributed by atoms with E-state index in [0.29, 0.717) is 24.9 Å². The maximum absolute atomic E-state index is 13.3. The van der Waals surface area contributed by atoms with Crippen LogP contribution in [-0.2, 0) is 13.1 Å². The molecule has 0 saturated heterocycles. The van der Waals surface area contributed by atoms with Gasteiger partial charge in [0.15, 0.2) is 0 Å². The minimum atomic E-state index is -0.242. The first-order valence-electron chi connectivity index (χ1n) is 12.5. The number of halogens is 1. The second-order valence-electron chi connectivity index (χ2n) is 8.87. The van der Waals surface area contributed by atoms with E-state index in [1.807, 2.05) is 48.5 Å². The van der Waals surface area contributed by atoms with Gasteiger partial charge in [-0.2, -0.15) is 0 Å². The standard InChI is InChI=1S/C22H24FN5.C7H9N/c23-18-6-4-5-16(11-18)13-26-22-15-24-14-20(28-22)17-9-10-25-21(12-17)27-19-7-2-1-3-8-19;8-6-7-4-2-1-3-5-7/h4-6,9-12,14-15,19H,1-3,7-8,13H2,(H,25,27)(H,26,28);1-5H,6,8H2. The molecule has 1 aliphatic carbocycles. The van der Waals surface area contributed by atoms with Crippen LogP contribution >= 0.6 is 0 Å². The molecule has 2 aromatic heterocycles. The SMILES string of the molecule is Fc1cccc(CNc2cncc(-c3ccnc(NC4CCCCC4)c3)n2)c1.NCc1ccccc1. The molecule has 1 aliphatic rings. The number of hydrogen-bond acceptors (Lipinski definition) is 6. The van der Waals surface area contributed by atoms with Crippen LogP contribution in [0, 0.1) is 5.82 Å². The minimum Gasteiger partial charge on any atom is -0.367 e. The summed E-state index contributed by atoms with van der Waals surface area (Å²) in [7, 11) is 0. The number of aromatic nitrogens is 3. The number of hydrogen-bond donors (Lipinski definition) is 3. The zero-order valence-electron chi connectivity index (χ0n) is 20.4. The number of anilines is 2. The Morgan fingerprint density at radius 1 is 0.861 bits per heavy atom. The van der Waals surface area contributed by atoms with Gasteiger partial charge in [0.1, 0.15) is 17.5 Å². The Balaban J connectivity index is 0.000000325. The Hall–Kier alpha value is -3.84. The summed E-state index contributed by atoms with van der Waals surface area (Å²) in [6, 6.07) is 21.0. The molecule has 0 unspecified atom stereocenters. The fraction of sp³-hybridized carbons (Fsp3) is 0.276. The maximum Gasteiger partial charge on any atom is 0.145 e. The molecule has 0 spiro atoms. The molecule has 0 amide bonds. The molecule has 2 heterocycles. The second kappa shape index (κ2) is 13.3. The lowest BCUT2D eigenvalue weighted by atomic mass is 9.95. The van der Waals surface area contributed by atoms with Gasteiger partial charge in [-0.15, -0.1) is 0 Å². The third kappa shape index (κ3) is 7.85. The summed E-state index contributed by atoms with van der Waals surface area (Å²) < 4.78 is 13.3. The minimum absolute atomic E-state index is 0.242. The van der Waals surface area contributed by atoms with Crippen LogP contribution in [0.5, 0.6) is 0 Å². The number of nitrogens with zero attached hydrogens (tertiary/aromatic N) is 3. The van der Waals surface area contributed by atoms with Crippen molar-refractivity contribution in [2.24, 2.45) is 5.73 Å². The summed E-state index contributed by atoms with van der Waals surface area (Å²) in [6.45, 7) is 1.13. The second-order valence-corrected chi connectivity index (χ2v) is 8.87. The molecule has 0 atom stereocenters. The predicted molar refractivity (Wildman–Crippen MR) is 144 cm³/mol. The van der Waals surface area contributed by atoms with Crippen LogP contribution < -0.4 is 16.4 Å². The molecule has 4 aromatic rings. The van der Waals surface area contributed by atoms with Gasteiger partial charge in [-0.3, -0.25) is 4.98 Å². The van der Waals surface area contributed by atoms with Gasteiger partial charge >= 0.3 is 0 Å². The molecule has 7 heteroatoms. The summed E-state index contributed by atoms with van der Waals surface area (Å²) in [5, 5.41) is 6.75. The highest BCUT2D eigenvalue weighted by atomic mass is 19.1. The number of nitrogens with one attached hydrogen (secondary N) is 2. The number of pyridine rings is 1. The van der Waals surface area contributed by atoms with Crippen LogP contribution in [0.3, 0.4) is 0 Å². The molecule has 1 fully saturated rings. The highest BCUT2D eigenvalue weighted by Gasteiger charge is 2.14. The van der Waals surface area contributed by atoms with Crippen molar-refractivity contribution in [2.75, 3.05) is 10.6 Å². The van der Waals surface area contributed by atoms with Gasteiger partial charge in [0, 0.05) is 30.9 Å². The van der Waals surface area contributed by atoms with Crippen molar-refractivity contribution in [3.63, 3.8) is 0 Å². The van der Waals surface area contributed by atoms with E-state index in [4.69, 9.17) is 5.73 Å². The topological polar surface area (TPSA) is 88.8 Å². The van der Waals surface area contributed by atoms with Crippen LogP contribution in [0.25, 0.3) is 11.3 Å². The third-order valence-corrected chi connectivity index (χ3v) is 6.09. The molecule has 0 radical (unpaired) electrons. The Morgan fingerprint density at radius 2 is 1.67 bits per heavy atom. The predicted octanol–water partition coefficient (Wildman–Crippen LogP) is 6.18. The molecular weight excluding hydrogens is 451 g/mol. The average molecular weight is 485 g/mol. The lowest BCUT2D eigenvalue weighted by molar-refractivity contribution is 0.462. The zero-order chi connectivity index (χ0) is 25.0. The average Bonchev–Trinajstić information content (AvgIpc) is 2.94. The van der Waals surface area contributed by atoms with Gasteiger partial charge in [-0.25, -0.2) is 14.4 Å². The van der Waals surface area contributed by atoms with Crippen molar-refractivity contribution < 1.29 is 4.39 Å². The van der Waals surface area contributed by atoms with Crippen molar-refractivity contribution in [1.29, 1.82) is 0 Å². The molecule has 5 rings (SSSR count). The first kappa shape index (κ1) is 25.3. The van der Waals surface area contributed by atoms with Crippen molar-refractivity contribution in [2.45, 2.75) is 51.2 Å². The molecule has 36 heavy (non-hydrogen) atoms. The van der Waals surface area contributed by atoms with E-state index in [2.05, 4.69) is 25.6 Å². The zero-order valence-corrected chi connectivity index (χ0v) is 20.4. The Morgan fingerprint density at radius 3 is 2.42 bits per heavy atom. The van der Waals surface area contributed by atoms with Crippen LogP contribution in [-0.4, -0.2) is 21.0 Å². The molecular formula is C29H33FN6. The molecule has 186 valence electrons. The largest absolute Gasteiger partial charge is 0.367 e. The van der Waals surface area contributed by atoms with Crippen LogP contribution in [0.2, 0.25) is 0 Å². The molecule has 0 aliphatic heterocycles. The van der Waals surface area contributed by atoms with Gasteiger partial charge in [0.2, 0.25) is 0 Å². The summed E-state index contributed by atoms with van der Waals surface area (Å²) in [4.78, 5) is 13.4. The maximum atomic E-state index is 13.3. The lowest BCUT2D eigenvalue weighted by Crippen LogP contribution is -2.22. The first-order valence-corrected chi connectivity index (χ1v) is 12.5. The van der Waals surface area contributed by atoms with E-state index in [0.717, 1.165) is 22.6 Å². The summed E-state index contributed by atoms with van der Waals surface area (Å²) in [6.07, 6.45) is 11.5. The molecule has 1 saturated carbocycles.